The summed E-state index contributed by atoms with van der Waals surface area (Å²) in [5, 5.41) is 0. The van der Waals surface area contributed by atoms with Crippen molar-refractivity contribution >= 4 is 11.7 Å². The van der Waals surface area contributed by atoms with Gasteiger partial charge < -0.3 is 24.3 Å². The number of likely N-dealkylation sites (tertiary alicyclic amines) is 3. The maximum atomic E-state index is 17.0. The van der Waals surface area contributed by atoms with Crippen LogP contribution in [0.2, 0.25) is 0 Å². The summed E-state index contributed by atoms with van der Waals surface area (Å²) in [7, 11) is 4.39. The first kappa shape index (κ1) is 36.2. The summed E-state index contributed by atoms with van der Waals surface area (Å²) in [5.41, 5.74) is 1.26. The van der Waals surface area contributed by atoms with E-state index in [-0.39, 0.29) is 42.2 Å². The van der Waals surface area contributed by atoms with Gasteiger partial charge >= 0.3 is 0 Å². The van der Waals surface area contributed by atoms with Gasteiger partial charge in [-0.15, -0.1) is 0 Å². The molecule has 7 fully saturated rings. The Labute approximate surface area is 315 Å². The molecular weight excluding hydrogens is 670 g/mol. The maximum absolute atomic E-state index is 17.0. The van der Waals surface area contributed by atoms with Crippen LogP contribution in [0.15, 0.2) is 30.4 Å². The van der Waals surface area contributed by atoms with Crippen LogP contribution in [0, 0.1) is 17.8 Å². The molecule has 0 bridgehead atoms. The monoisotopic (exact) mass is 731 g/mol. The molecule has 11 unspecified atom stereocenters. The average molecular weight is 732 g/mol. The van der Waals surface area contributed by atoms with Crippen LogP contribution in [-0.2, 0) is 14.3 Å². The normalized spacial score (nSPS) is 40.5. The van der Waals surface area contributed by atoms with Crippen molar-refractivity contribution in [1.29, 1.82) is 0 Å². The Morgan fingerprint density at radius 1 is 0.887 bits per heavy atom. The number of nitrogens with zero attached hydrogens (tertiary/aromatic N) is 7. The topological polar surface area (TPSA) is 85.3 Å². The number of carbonyl (C=O) groups is 2. The van der Waals surface area contributed by atoms with Gasteiger partial charge in [-0.2, -0.15) is 0 Å². The molecule has 290 valence electrons. The lowest BCUT2D eigenvalue weighted by atomic mass is 9.64. The third-order valence-corrected chi connectivity index (χ3v) is 15.4. The summed E-state index contributed by atoms with van der Waals surface area (Å²) in [5.74, 6) is 0.622. The molecule has 1 amide bonds. The van der Waals surface area contributed by atoms with Gasteiger partial charge in [0.2, 0.25) is 0 Å². The molecule has 8 aliphatic rings. The molecule has 12 atom stereocenters. The summed E-state index contributed by atoms with van der Waals surface area (Å²) < 4.78 is 24.1. The van der Waals surface area contributed by atoms with E-state index in [1.807, 2.05) is 17.3 Å². The number of hydrogen-bond donors (Lipinski definition) is 0. The van der Waals surface area contributed by atoms with Crippen LogP contribution in [-0.4, -0.2) is 148 Å². The highest BCUT2D eigenvalue weighted by Crippen LogP contribution is 2.51. The van der Waals surface area contributed by atoms with Crippen molar-refractivity contribution in [3.8, 4) is 0 Å². The number of Topliss-reactive ketones (excluding diaryl/α,β-unsaturated/α-hetero) is 1. The average Bonchev–Trinajstić information content (AvgIpc) is 3.93. The third-order valence-electron chi connectivity index (χ3n) is 15.4. The van der Waals surface area contributed by atoms with E-state index in [9.17, 15) is 9.59 Å². The Bertz CT molecular complexity index is 1490. The van der Waals surface area contributed by atoms with Crippen molar-refractivity contribution in [2.45, 2.75) is 144 Å². The molecule has 9 rings (SSSR count). The fourth-order valence-electron chi connectivity index (χ4n) is 12.5. The van der Waals surface area contributed by atoms with Gasteiger partial charge in [-0.05, 0) is 110 Å². The van der Waals surface area contributed by atoms with E-state index in [0.717, 1.165) is 70.3 Å². The third kappa shape index (κ3) is 6.88. The standard InChI is InChI=1S/C42H62FN7O3/c1-46-16-5-9-30(46)12-19-48(20-13-31-10-6-17-47(31)2)42(52)33-26-50-36-21-27-7-3-4-8-28(27)22-37(36)53-41-38(50)32(40(33)51)23-34(43)39(41)49-18-11-29(25-49)35-24-44-14-15-45-35/h14-15,24,26-32,34,36-39,41H,3-13,16-23,25H2,1-2H3/t27?,28?,29?,30-,31?,32?,34?,36?,37?,38?,39?,41?/m0/s1. The number of halogens is 1. The van der Waals surface area contributed by atoms with E-state index in [4.69, 9.17) is 4.74 Å². The summed E-state index contributed by atoms with van der Waals surface area (Å²) >= 11 is 0. The lowest BCUT2D eigenvalue weighted by Gasteiger charge is -2.61. The molecule has 1 aromatic rings. The van der Waals surface area contributed by atoms with Crippen molar-refractivity contribution in [3.63, 3.8) is 0 Å². The molecule has 1 aromatic heterocycles. The second-order valence-electron chi connectivity index (χ2n) is 18.2. The summed E-state index contributed by atoms with van der Waals surface area (Å²) in [4.78, 5) is 50.1. The van der Waals surface area contributed by atoms with E-state index in [1.165, 1.54) is 38.5 Å². The Kier molecular flexibility index (Phi) is 10.4. The van der Waals surface area contributed by atoms with Gasteiger partial charge in [-0.25, -0.2) is 4.39 Å². The number of ether oxygens (including phenoxy) is 1. The molecule has 5 aliphatic heterocycles. The van der Waals surface area contributed by atoms with Crippen LogP contribution in [0.1, 0.15) is 102 Å². The lowest BCUT2D eigenvalue weighted by Crippen LogP contribution is -2.73. The van der Waals surface area contributed by atoms with E-state index < -0.39 is 24.2 Å². The molecule has 0 radical (unpaired) electrons. The Morgan fingerprint density at radius 2 is 1.60 bits per heavy atom. The number of carbonyl (C=O) groups excluding carboxylic acids is 2. The zero-order valence-electron chi connectivity index (χ0n) is 32.1. The number of aromatic nitrogens is 2. The summed E-state index contributed by atoms with van der Waals surface area (Å²) in [6.45, 7) is 5.00. The minimum atomic E-state index is -1.21. The van der Waals surface area contributed by atoms with Crippen molar-refractivity contribution in [2.75, 3.05) is 53.4 Å². The van der Waals surface area contributed by atoms with Gasteiger partial charge in [0, 0.05) is 68.3 Å². The van der Waals surface area contributed by atoms with Crippen LogP contribution >= 0.6 is 0 Å². The zero-order chi connectivity index (χ0) is 36.2. The molecule has 3 aliphatic carbocycles. The predicted octanol–water partition coefficient (Wildman–Crippen LogP) is 4.66. The summed E-state index contributed by atoms with van der Waals surface area (Å²) in [6, 6.07) is 0.374. The van der Waals surface area contributed by atoms with Gasteiger partial charge in [0.25, 0.3) is 5.91 Å². The largest absolute Gasteiger partial charge is 0.369 e. The first-order valence-electron chi connectivity index (χ1n) is 21.4. The van der Waals surface area contributed by atoms with Gasteiger partial charge in [-0.1, -0.05) is 25.7 Å². The summed E-state index contributed by atoms with van der Waals surface area (Å²) in [6.07, 6.45) is 20.3. The van der Waals surface area contributed by atoms with Crippen LogP contribution in [0.3, 0.4) is 0 Å². The smallest absolute Gasteiger partial charge is 0.258 e. The van der Waals surface area contributed by atoms with Crippen LogP contribution in [0.25, 0.3) is 0 Å². The fourth-order valence-corrected chi connectivity index (χ4v) is 12.5. The molecule has 6 heterocycles. The van der Waals surface area contributed by atoms with Gasteiger partial charge in [0.05, 0.1) is 41.6 Å². The van der Waals surface area contributed by atoms with Crippen LogP contribution < -0.4 is 0 Å². The highest BCUT2D eigenvalue weighted by atomic mass is 19.1. The molecule has 0 aromatic carbocycles. The highest BCUT2D eigenvalue weighted by molar-refractivity contribution is 6.20. The highest BCUT2D eigenvalue weighted by Gasteiger charge is 2.61. The minimum Gasteiger partial charge on any atom is -0.369 e. The van der Waals surface area contributed by atoms with Crippen LogP contribution in [0.5, 0.6) is 0 Å². The minimum absolute atomic E-state index is 0.0184. The second-order valence-corrected chi connectivity index (χ2v) is 18.2. The number of alkyl halides is 1. The Hall–Kier alpha value is -2.47. The molecule has 10 nitrogen and oxygen atoms in total. The predicted molar refractivity (Wildman–Crippen MR) is 201 cm³/mol. The number of amides is 1. The van der Waals surface area contributed by atoms with Crippen molar-refractivity contribution in [2.24, 2.45) is 17.8 Å². The SMILES string of the molecule is CN1CCCC1CCN(CC[C@@H]1CCCN1C)C(=O)C1=CN2C3CC4CCCCC4CC3OC3C(N4CCC(c5cnccn5)C4)C(F)CC(C1=O)C32. The maximum Gasteiger partial charge on any atom is 0.258 e. The number of hydrogen-bond acceptors (Lipinski definition) is 9. The Balaban J connectivity index is 1.02. The first-order chi connectivity index (χ1) is 25.8. The number of ketones is 1. The fraction of sp³-hybridized carbons (Fsp3) is 0.810. The molecule has 11 heteroatoms. The molecule has 53 heavy (non-hydrogen) atoms. The Morgan fingerprint density at radius 3 is 2.26 bits per heavy atom. The molecule has 3 saturated carbocycles. The zero-order valence-corrected chi connectivity index (χ0v) is 32.1. The van der Waals surface area contributed by atoms with E-state index >= 15 is 4.39 Å². The van der Waals surface area contributed by atoms with Crippen molar-refractivity contribution in [3.05, 3.63) is 36.1 Å². The van der Waals surface area contributed by atoms with Gasteiger partial charge in [-0.3, -0.25) is 24.5 Å². The lowest BCUT2D eigenvalue weighted by molar-refractivity contribution is -0.219. The van der Waals surface area contributed by atoms with Crippen LogP contribution in [0.4, 0.5) is 4.39 Å². The molecular formula is C42H62FN7O3. The second kappa shape index (κ2) is 15.2. The quantitative estimate of drug-likeness (QED) is 0.337. The first-order valence-corrected chi connectivity index (χ1v) is 21.4. The van der Waals surface area contributed by atoms with Crippen molar-refractivity contribution < 1.29 is 18.7 Å². The van der Waals surface area contributed by atoms with Crippen molar-refractivity contribution in [1.82, 2.24) is 34.5 Å². The molecule has 4 saturated heterocycles. The molecule has 0 spiro atoms. The number of rotatable bonds is 9. The van der Waals surface area contributed by atoms with E-state index in [2.05, 4.69) is 43.7 Å². The van der Waals surface area contributed by atoms with Gasteiger partial charge in [0.1, 0.15) is 6.17 Å². The number of fused-ring (bicyclic) bond motifs is 3. The van der Waals surface area contributed by atoms with E-state index in [0.29, 0.717) is 49.1 Å². The van der Waals surface area contributed by atoms with E-state index in [1.54, 1.807) is 12.4 Å². The number of morpholine rings is 1. The van der Waals surface area contributed by atoms with Gasteiger partial charge in [0.15, 0.2) is 5.78 Å². The molecule has 0 N–H and O–H groups in total.